The first-order valence-corrected chi connectivity index (χ1v) is 13.6. The van der Waals surface area contributed by atoms with Gasteiger partial charge in [-0.25, -0.2) is 0 Å². The molecule has 0 spiro atoms. The molecule has 0 amide bonds. The van der Waals surface area contributed by atoms with E-state index in [1.165, 1.54) is 36.5 Å². The van der Waals surface area contributed by atoms with E-state index in [1.54, 1.807) is 0 Å². The smallest absolute Gasteiger partial charge is 0.0701 e. The Morgan fingerprint density at radius 3 is 1.00 bits per heavy atom. The maximum atomic E-state index is 5.64. The van der Waals surface area contributed by atoms with Gasteiger partial charge in [0.15, 0.2) is 0 Å². The Kier molecular flexibility index (Phi) is 30.6. The van der Waals surface area contributed by atoms with Gasteiger partial charge >= 0.3 is 0 Å². The van der Waals surface area contributed by atoms with Crippen LogP contribution in [0.4, 0.5) is 0 Å². The predicted octanol–water partition coefficient (Wildman–Crippen LogP) is 4.88. The van der Waals surface area contributed by atoms with Crippen molar-refractivity contribution in [1.29, 1.82) is 0 Å². The highest BCUT2D eigenvalue weighted by Gasteiger charge is 1.95. The van der Waals surface area contributed by atoms with Gasteiger partial charge in [0.1, 0.15) is 0 Å². The molecule has 0 N–H and O–H groups in total. The summed E-state index contributed by atoms with van der Waals surface area (Å²) in [6.07, 6.45) is 9.59. The summed E-state index contributed by atoms with van der Waals surface area (Å²) < 4.78 is 34.2. The second kappa shape index (κ2) is 29.8. The zero-order chi connectivity index (χ0) is 21.8. The van der Waals surface area contributed by atoms with Gasteiger partial charge in [-0.05, 0) is 30.1 Å². The topological polar surface area (TPSA) is 55.4 Å². The van der Waals surface area contributed by atoms with Crippen molar-refractivity contribution in [2.24, 2.45) is 0 Å². The highest BCUT2D eigenvalue weighted by atomic mass is 127. The van der Waals surface area contributed by atoms with Crippen molar-refractivity contribution in [2.45, 2.75) is 51.4 Å². The molecule has 0 aliphatic carbocycles. The van der Waals surface area contributed by atoms with Gasteiger partial charge in [-0.2, -0.15) is 0 Å². The van der Waals surface area contributed by atoms with E-state index in [-0.39, 0.29) is 0 Å². The standard InChI is InChI=1S/C22H44ClIO6/c23-9-5-1-3-7-11-25-13-15-27-17-19-29-21-22-30-20-18-28-16-14-26-12-8-4-2-6-10-24/h1-22H2. The van der Waals surface area contributed by atoms with Crippen molar-refractivity contribution in [3.8, 4) is 0 Å². The predicted molar refractivity (Wildman–Crippen MR) is 131 cm³/mol. The third-order valence-electron chi connectivity index (χ3n) is 4.20. The van der Waals surface area contributed by atoms with Gasteiger partial charge in [0.2, 0.25) is 0 Å². The Morgan fingerprint density at radius 1 is 0.367 bits per heavy atom. The molecule has 6 nitrogen and oxygen atoms in total. The summed E-state index contributed by atoms with van der Waals surface area (Å²) >= 11 is 8.06. The Hall–Kier alpha value is 0.780. The van der Waals surface area contributed by atoms with Crippen molar-refractivity contribution in [1.82, 2.24) is 0 Å². The maximum absolute atomic E-state index is 5.64. The van der Waals surface area contributed by atoms with E-state index < -0.39 is 0 Å². The SMILES string of the molecule is ClCCCCCCOCCOCCOCCOCCOCCOCCCCCCI. The second-order valence-corrected chi connectivity index (χ2v) is 8.34. The highest BCUT2D eigenvalue weighted by Crippen LogP contribution is 2.02. The minimum Gasteiger partial charge on any atom is -0.379 e. The van der Waals surface area contributed by atoms with Gasteiger partial charge in [-0.15, -0.1) is 11.6 Å². The van der Waals surface area contributed by atoms with E-state index in [4.69, 9.17) is 40.0 Å². The lowest BCUT2D eigenvalue weighted by Crippen LogP contribution is -2.14. The third kappa shape index (κ3) is 28.8. The molecule has 0 bridgehead atoms. The first kappa shape index (κ1) is 30.8. The van der Waals surface area contributed by atoms with Crippen LogP contribution in [0.3, 0.4) is 0 Å². The van der Waals surface area contributed by atoms with E-state index in [0.717, 1.165) is 38.4 Å². The molecule has 0 unspecified atom stereocenters. The summed E-state index contributed by atoms with van der Waals surface area (Å²) in [5.41, 5.74) is 0. The summed E-state index contributed by atoms with van der Waals surface area (Å²) in [4.78, 5) is 0. The molecule has 0 aromatic carbocycles. The number of unbranched alkanes of at least 4 members (excludes halogenated alkanes) is 6. The molecule has 0 saturated carbocycles. The van der Waals surface area contributed by atoms with E-state index in [1.807, 2.05) is 0 Å². The van der Waals surface area contributed by atoms with Crippen LogP contribution in [0.15, 0.2) is 0 Å². The fraction of sp³-hybridized carbons (Fsp3) is 1.00. The summed E-state index contributed by atoms with van der Waals surface area (Å²) in [6.45, 7) is 7.66. The number of rotatable bonds is 27. The van der Waals surface area contributed by atoms with E-state index in [2.05, 4.69) is 22.6 Å². The average molecular weight is 567 g/mol. The number of hydrogen-bond acceptors (Lipinski definition) is 6. The quantitative estimate of drug-likeness (QED) is 0.0803. The molecule has 182 valence electrons. The molecule has 0 aromatic rings. The van der Waals surface area contributed by atoms with Gasteiger partial charge in [0.05, 0.1) is 66.1 Å². The lowest BCUT2D eigenvalue weighted by Gasteiger charge is -2.08. The van der Waals surface area contributed by atoms with Crippen LogP contribution in [0.25, 0.3) is 0 Å². The molecule has 0 aliphatic heterocycles. The second-order valence-electron chi connectivity index (χ2n) is 6.88. The molecule has 0 saturated heterocycles. The van der Waals surface area contributed by atoms with Crippen LogP contribution in [0.5, 0.6) is 0 Å². The van der Waals surface area contributed by atoms with Crippen molar-refractivity contribution >= 4 is 34.2 Å². The minimum absolute atomic E-state index is 0.572. The van der Waals surface area contributed by atoms with E-state index in [9.17, 15) is 0 Å². The van der Waals surface area contributed by atoms with Gasteiger partial charge in [0, 0.05) is 19.1 Å². The lowest BCUT2D eigenvalue weighted by molar-refractivity contribution is -0.0169. The van der Waals surface area contributed by atoms with Crippen LogP contribution < -0.4 is 0 Å². The number of ether oxygens (including phenoxy) is 6. The molecule has 0 rings (SSSR count). The first-order chi connectivity index (χ1) is 14.9. The van der Waals surface area contributed by atoms with Crippen LogP contribution in [0, 0.1) is 0 Å². The number of hydrogen-bond donors (Lipinski definition) is 0. The zero-order valence-corrected chi connectivity index (χ0v) is 21.7. The molecular weight excluding hydrogens is 523 g/mol. The third-order valence-corrected chi connectivity index (χ3v) is 5.23. The van der Waals surface area contributed by atoms with Crippen LogP contribution in [0.1, 0.15) is 51.4 Å². The van der Waals surface area contributed by atoms with E-state index >= 15 is 0 Å². The molecule has 8 heteroatoms. The number of alkyl halides is 2. The molecule has 0 aliphatic rings. The van der Waals surface area contributed by atoms with Crippen molar-refractivity contribution in [2.75, 3.05) is 89.6 Å². The Bertz CT molecular complexity index is 275. The van der Waals surface area contributed by atoms with Crippen molar-refractivity contribution in [3.63, 3.8) is 0 Å². The van der Waals surface area contributed by atoms with Gasteiger partial charge in [-0.3, -0.25) is 0 Å². The molecule has 0 fully saturated rings. The van der Waals surface area contributed by atoms with Gasteiger partial charge in [-0.1, -0.05) is 48.3 Å². The summed E-state index contributed by atoms with van der Waals surface area (Å²) in [5, 5.41) is 0. The monoisotopic (exact) mass is 566 g/mol. The molecule has 30 heavy (non-hydrogen) atoms. The minimum atomic E-state index is 0.572. The van der Waals surface area contributed by atoms with Gasteiger partial charge in [0.25, 0.3) is 0 Å². The maximum Gasteiger partial charge on any atom is 0.0701 e. The van der Waals surface area contributed by atoms with E-state index in [0.29, 0.717) is 66.1 Å². The summed E-state index contributed by atoms with van der Waals surface area (Å²) in [6, 6.07) is 0. The van der Waals surface area contributed by atoms with Crippen LogP contribution in [-0.2, 0) is 28.4 Å². The lowest BCUT2D eigenvalue weighted by atomic mass is 10.2. The highest BCUT2D eigenvalue weighted by molar-refractivity contribution is 14.1. The normalized spacial score (nSPS) is 11.4. The summed E-state index contributed by atoms with van der Waals surface area (Å²) in [7, 11) is 0. The largest absolute Gasteiger partial charge is 0.379 e. The van der Waals surface area contributed by atoms with Crippen LogP contribution in [0.2, 0.25) is 0 Å². The van der Waals surface area contributed by atoms with Crippen LogP contribution >= 0.6 is 34.2 Å². The zero-order valence-electron chi connectivity index (χ0n) is 18.8. The van der Waals surface area contributed by atoms with Crippen molar-refractivity contribution < 1.29 is 28.4 Å². The molecular formula is C22H44ClIO6. The number of halogens is 2. The van der Waals surface area contributed by atoms with Crippen LogP contribution in [-0.4, -0.2) is 89.6 Å². The Morgan fingerprint density at radius 2 is 0.667 bits per heavy atom. The fourth-order valence-electron chi connectivity index (χ4n) is 2.51. The van der Waals surface area contributed by atoms with Gasteiger partial charge < -0.3 is 28.4 Å². The molecule has 0 atom stereocenters. The van der Waals surface area contributed by atoms with Crippen molar-refractivity contribution in [3.05, 3.63) is 0 Å². The first-order valence-electron chi connectivity index (χ1n) is 11.5. The Balaban J connectivity index is 2.97. The molecule has 0 heterocycles. The fourth-order valence-corrected chi connectivity index (χ4v) is 3.23. The summed E-state index contributed by atoms with van der Waals surface area (Å²) in [5.74, 6) is 0.756. The molecule has 0 aromatic heterocycles. The average Bonchev–Trinajstić information content (AvgIpc) is 2.76. The molecule has 0 radical (unpaired) electrons. The Labute approximate surface area is 203 Å².